The maximum absolute atomic E-state index is 13.2. The highest BCUT2D eigenvalue weighted by molar-refractivity contribution is 5.83. The summed E-state index contributed by atoms with van der Waals surface area (Å²) in [6, 6.07) is 0. The van der Waals surface area contributed by atoms with Crippen LogP contribution in [0.4, 0.5) is 8.78 Å². The van der Waals surface area contributed by atoms with Crippen LogP contribution >= 0.6 is 0 Å². The van der Waals surface area contributed by atoms with Crippen LogP contribution in [0, 0.1) is 11.3 Å². The average molecular weight is 193 g/mol. The van der Waals surface area contributed by atoms with Gasteiger partial charge in [0.25, 0.3) is 5.92 Å². The van der Waals surface area contributed by atoms with Gasteiger partial charge < -0.3 is 5.32 Å². The first kappa shape index (κ1) is 12.3. The van der Waals surface area contributed by atoms with Crippen LogP contribution in [-0.4, -0.2) is 18.9 Å². The second-order valence-corrected chi connectivity index (χ2v) is 3.82. The lowest BCUT2D eigenvalue weighted by Gasteiger charge is -2.36. The molecule has 0 aromatic carbocycles. The van der Waals surface area contributed by atoms with Crippen molar-refractivity contribution in [2.45, 2.75) is 33.6 Å². The lowest BCUT2D eigenvalue weighted by molar-refractivity contribution is -0.162. The Morgan fingerprint density at radius 1 is 1.31 bits per heavy atom. The van der Waals surface area contributed by atoms with E-state index in [9.17, 15) is 13.6 Å². The van der Waals surface area contributed by atoms with E-state index < -0.39 is 23.2 Å². The van der Waals surface area contributed by atoms with E-state index in [4.69, 9.17) is 0 Å². The summed E-state index contributed by atoms with van der Waals surface area (Å²) in [5.41, 5.74) is -1.64. The summed E-state index contributed by atoms with van der Waals surface area (Å²) in [5, 5.41) is 2.27. The number of carbonyl (C=O) groups is 1. The van der Waals surface area contributed by atoms with Gasteiger partial charge in [0.15, 0.2) is 0 Å². The number of rotatable bonds is 3. The molecule has 2 nitrogen and oxygen atoms in total. The van der Waals surface area contributed by atoms with Gasteiger partial charge in [0.05, 0.1) is 0 Å². The summed E-state index contributed by atoms with van der Waals surface area (Å²) in [4.78, 5) is 11.3. The van der Waals surface area contributed by atoms with E-state index in [1.165, 1.54) is 14.0 Å². The van der Waals surface area contributed by atoms with Crippen molar-refractivity contribution >= 4 is 5.91 Å². The lowest BCUT2D eigenvalue weighted by atomic mass is 9.73. The van der Waals surface area contributed by atoms with Gasteiger partial charge in [0.2, 0.25) is 5.91 Å². The summed E-state index contributed by atoms with van der Waals surface area (Å²) < 4.78 is 26.4. The molecule has 0 saturated carbocycles. The molecule has 1 amide bonds. The van der Waals surface area contributed by atoms with Crippen molar-refractivity contribution in [2.24, 2.45) is 11.3 Å². The first-order chi connectivity index (χ1) is 5.67. The van der Waals surface area contributed by atoms with Gasteiger partial charge in [-0.25, -0.2) is 8.78 Å². The molecule has 0 bridgehead atoms. The summed E-state index contributed by atoms with van der Waals surface area (Å²) in [7, 11) is 1.37. The molecular formula is C9H17F2NO. The van der Waals surface area contributed by atoms with Gasteiger partial charge in [-0.05, 0) is 12.8 Å². The molecule has 0 radical (unpaired) electrons. The van der Waals surface area contributed by atoms with Crippen molar-refractivity contribution < 1.29 is 13.6 Å². The molecule has 0 aromatic heterocycles. The van der Waals surface area contributed by atoms with Crippen LogP contribution in [0.1, 0.15) is 27.7 Å². The largest absolute Gasteiger partial charge is 0.359 e. The minimum atomic E-state index is -3.01. The molecule has 0 aliphatic carbocycles. The molecule has 0 spiro atoms. The molecule has 4 heteroatoms. The first-order valence-electron chi connectivity index (χ1n) is 4.28. The second kappa shape index (κ2) is 3.60. The molecule has 0 aromatic rings. The van der Waals surface area contributed by atoms with Gasteiger partial charge in [-0.3, -0.25) is 4.79 Å². The monoisotopic (exact) mass is 193 g/mol. The Morgan fingerprint density at radius 2 is 1.69 bits per heavy atom. The zero-order chi connectivity index (χ0) is 10.9. The van der Waals surface area contributed by atoms with E-state index in [0.29, 0.717) is 0 Å². The fraction of sp³-hybridized carbons (Fsp3) is 0.889. The Balaban J connectivity index is 5.08. The van der Waals surface area contributed by atoms with E-state index in [1.54, 1.807) is 13.8 Å². The van der Waals surface area contributed by atoms with Gasteiger partial charge in [0, 0.05) is 14.0 Å². The number of amides is 1. The molecule has 0 aliphatic heterocycles. The second-order valence-electron chi connectivity index (χ2n) is 3.82. The molecule has 0 rings (SSSR count). The van der Waals surface area contributed by atoms with Gasteiger partial charge in [-0.2, -0.15) is 0 Å². The summed E-state index contributed by atoms with van der Waals surface area (Å²) >= 11 is 0. The Kier molecular flexibility index (Phi) is 3.41. The Labute approximate surface area is 77.7 Å². The van der Waals surface area contributed by atoms with Crippen LogP contribution in [0.25, 0.3) is 0 Å². The molecule has 0 fully saturated rings. The number of nitrogens with one attached hydrogen (secondary N) is 1. The first-order valence-corrected chi connectivity index (χ1v) is 4.28. The van der Waals surface area contributed by atoms with Gasteiger partial charge in [-0.15, -0.1) is 0 Å². The lowest BCUT2D eigenvalue weighted by Crippen LogP contribution is -2.51. The van der Waals surface area contributed by atoms with E-state index >= 15 is 0 Å². The number of alkyl halides is 2. The molecule has 13 heavy (non-hydrogen) atoms. The molecule has 78 valence electrons. The van der Waals surface area contributed by atoms with Crippen LogP contribution in [0.2, 0.25) is 0 Å². The van der Waals surface area contributed by atoms with Crippen LogP contribution in [0.3, 0.4) is 0 Å². The third kappa shape index (κ3) is 1.98. The molecule has 0 heterocycles. The molecule has 0 saturated heterocycles. The molecule has 0 unspecified atom stereocenters. The zero-order valence-corrected chi connectivity index (χ0v) is 8.74. The predicted molar refractivity (Wildman–Crippen MR) is 47.6 cm³/mol. The van der Waals surface area contributed by atoms with E-state index in [1.807, 2.05) is 0 Å². The number of hydrogen-bond acceptors (Lipinski definition) is 1. The highest BCUT2D eigenvalue weighted by Crippen LogP contribution is 2.42. The Morgan fingerprint density at radius 3 is 1.77 bits per heavy atom. The van der Waals surface area contributed by atoms with Crippen molar-refractivity contribution in [3.63, 3.8) is 0 Å². The third-order valence-electron chi connectivity index (χ3n) is 2.77. The maximum atomic E-state index is 13.2. The Hall–Kier alpha value is -0.670. The smallest absolute Gasteiger partial charge is 0.259 e. The van der Waals surface area contributed by atoms with Crippen molar-refractivity contribution in [3.8, 4) is 0 Å². The maximum Gasteiger partial charge on any atom is 0.259 e. The highest BCUT2D eigenvalue weighted by Gasteiger charge is 2.53. The fourth-order valence-corrected chi connectivity index (χ4v) is 1.23. The number of halogens is 2. The molecule has 1 N–H and O–H groups in total. The van der Waals surface area contributed by atoms with Crippen LogP contribution < -0.4 is 5.32 Å². The molecule has 0 aliphatic rings. The van der Waals surface area contributed by atoms with E-state index in [-0.39, 0.29) is 0 Å². The van der Waals surface area contributed by atoms with Crippen LogP contribution in [-0.2, 0) is 4.79 Å². The number of hydrogen-bond donors (Lipinski definition) is 1. The summed E-state index contributed by atoms with van der Waals surface area (Å²) in [6.07, 6.45) is 0. The minimum absolute atomic E-state index is 0.410. The summed E-state index contributed by atoms with van der Waals surface area (Å²) in [6.45, 7) is 5.30. The van der Waals surface area contributed by atoms with Crippen LogP contribution in [0.15, 0.2) is 0 Å². The Bertz CT molecular complexity index is 198. The van der Waals surface area contributed by atoms with Gasteiger partial charge in [-0.1, -0.05) is 13.8 Å². The quantitative estimate of drug-likeness (QED) is 0.730. The van der Waals surface area contributed by atoms with Gasteiger partial charge in [0.1, 0.15) is 5.41 Å². The van der Waals surface area contributed by atoms with Gasteiger partial charge >= 0.3 is 0 Å². The third-order valence-corrected chi connectivity index (χ3v) is 2.77. The topological polar surface area (TPSA) is 29.1 Å². The fourth-order valence-electron chi connectivity index (χ4n) is 1.23. The normalized spacial score (nSPS) is 16.9. The van der Waals surface area contributed by atoms with E-state index in [0.717, 1.165) is 6.92 Å². The zero-order valence-electron chi connectivity index (χ0n) is 8.74. The standard InChI is InChI=1S/C9H17F2NO/c1-6(2)8(3,7(13)12-5)9(4,10)11/h6H,1-5H3,(H,12,13)/t8-/m0/s1. The molecular weight excluding hydrogens is 176 g/mol. The SMILES string of the molecule is CNC(=O)[C@](C)(C(C)C)C(C)(F)F. The van der Waals surface area contributed by atoms with Crippen LogP contribution in [0.5, 0.6) is 0 Å². The van der Waals surface area contributed by atoms with Crippen molar-refractivity contribution in [1.29, 1.82) is 0 Å². The molecule has 1 atom stereocenters. The average Bonchev–Trinajstić information content (AvgIpc) is 1.98. The highest BCUT2D eigenvalue weighted by atomic mass is 19.3. The van der Waals surface area contributed by atoms with E-state index in [2.05, 4.69) is 5.32 Å². The summed E-state index contributed by atoms with van der Waals surface area (Å²) in [5.74, 6) is -4.04. The minimum Gasteiger partial charge on any atom is -0.359 e. The number of carbonyl (C=O) groups excluding carboxylic acids is 1. The predicted octanol–water partition coefficient (Wildman–Crippen LogP) is 2.05. The van der Waals surface area contributed by atoms with Crippen molar-refractivity contribution in [3.05, 3.63) is 0 Å². The van der Waals surface area contributed by atoms with Crippen molar-refractivity contribution in [1.82, 2.24) is 5.32 Å². The van der Waals surface area contributed by atoms with Crippen molar-refractivity contribution in [2.75, 3.05) is 7.05 Å².